The van der Waals surface area contributed by atoms with Gasteiger partial charge in [-0.2, -0.15) is 0 Å². The molecule has 0 heterocycles. The van der Waals surface area contributed by atoms with Crippen LogP contribution >= 0.6 is 0 Å². The summed E-state index contributed by atoms with van der Waals surface area (Å²) in [5.74, 6) is 0.0305. The van der Waals surface area contributed by atoms with Crippen molar-refractivity contribution in [3.63, 3.8) is 0 Å². The van der Waals surface area contributed by atoms with E-state index in [9.17, 15) is 4.79 Å². The van der Waals surface area contributed by atoms with E-state index in [0.717, 1.165) is 17.9 Å². The number of ether oxygens (including phenoxy) is 1. The average Bonchev–Trinajstić information content (AvgIpc) is 2.54. The number of carbonyl (C=O) groups is 1. The maximum Gasteiger partial charge on any atom is 0.335 e. The third-order valence-corrected chi connectivity index (χ3v) is 4.05. The molecule has 0 bridgehead atoms. The lowest BCUT2D eigenvalue weighted by atomic mass is 9.86. The molecule has 134 valence electrons. The van der Waals surface area contributed by atoms with Gasteiger partial charge in [0, 0.05) is 13.1 Å². The van der Waals surface area contributed by atoms with E-state index in [4.69, 9.17) is 9.84 Å². The molecular weight excluding hydrogens is 314 g/mol. The van der Waals surface area contributed by atoms with Gasteiger partial charge in [0.2, 0.25) is 0 Å². The van der Waals surface area contributed by atoms with E-state index in [0.29, 0.717) is 18.7 Å². The van der Waals surface area contributed by atoms with Gasteiger partial charge in [0.15, 0.2) is 0 Å². The molecule has 2 aromatic carbocycles. The van der Waals surface area contributed by atoms with E-state index in [1.807, 2.05) is 31.3 Å². The quantitative estimate of drug-likeness (QED) is 0.820. The Morgan fingerprint density at radius 3 is 2.52 bits per heavy atom. The Kier molecular flexibility index (Phi) is 6.21. The molecule has 1 N–H and O–H groups in total. The van der Waals surface area contributed by atoms with Crippen molar-refractivity contribution in [2.45, 2.75) is 32.7 Å². The summed E-state index contributed by atoms with van der Waals surface area (Å²) in [4.78, 5) is 13.2. The van der Waals surface area contributed by atoms with E-state index in [-0.39, 0.29) is 5.41 Å². The summed E-state index contributed by atoms with van der Waals surface area (Å²) < 4.78 is 6.00. The molecule has 0 unspecified atom stereocenters. The number of rotatable bonds is 7. The predicted molar refractivity (Wildman–Crippen MR) is 100 cm³/mol. The fourth-order valence-electron chi connectivity index (χ4n) is 2.72. The van der Waals surface area contributed by atoms with Crippen LogP contribution in [0, 0.1) is 0 Å². The van der Waals surface area contributed by atoms with Crippen LogP contribution in [0.25, 0.3) is 0 Å². The molecule has 0 aliphatic rings. The van der Waals surface area contributed by atoms with Crippen molar-refractivity contribution in [3.8, 4) is 5.75 Å². The summed E-state index contributed by atoms with van der Waals surface area (Å²) in [6.07, 6.45) is 0. The third kappa shape index (κ3) is 5.61. The van der Waals surface area contributed by atoms with Crippen LogP contribution in [0.4, 0.5) is 0 Å². The molecule has 0 atom stereocenters. The number of nitrogens with zero attached hydrogens (tertiary/aromatic N) is 1. The van der Waals surface area contributed by atoms with Crippen molar-refractivity contribution in [1.29, 1.82) is 0 Å². The minimum atomic E-state index is -0.897. The first-order chi connectivity index (χ1) is 11.8. The van der Waals surface area contributed by atoms with Crippen LogP contribution in [0.15, 0.2) is 48.5 Å². The molecule has 25 heavy (non-hydrogen) atoms. The number of hydrogen-bond donors (Lipinski definition) is 1. The molecule has 4 heteroatoms. The topological polar surface area (TPSA) is 49.8 Å². The fourth-order valence-corrected chi connectivity index (χ4v) is 2.72. The van der Waals surface area contributed by atoms with Gasteiger partial charge in [-0.05, 0) is 41.8 Å². The van der Waals surface area contributed by atoms with E-state index in [1.165, 1.54) is 5.56 Å². The van der Waals surface area contributed by atoms with Crippen LogP contribution in [0.3, 0.4) is 0 Å². The number of likely N-dealkylation sites (N-methyl/N-ethyl adjacent to an activating group) is 1. The molecule has 0 saturated carbocycles. The molecule has 0 aliphatic heterocycles. The van der Waals surface area contributed by atoms with Gasteiger partial charge < -0.3 is 9.84 Å². The number of carboxylic acids is 1. The van der Waals surface area contributed by atoms with Crippen LogP contribution in [-0.4, -0.2) is 36.2 Å². The minimum Gasteiger partial charge on any atom is -0.492 e. The van der Waals surface area contributed by atoms with Gasteiger partial charge in [-0.3, -0.25) is 4.90 Å². The Balaban J connectivity index is 1.90. The highest BCUT2D eigenvalue weighted by Gasteiger charge is 2.18. The van der Waals surface area contributed by atoms with Crippen molar-refractivity contribution >= 4 is 5.97 Å². The van der Waals surface area contributed by atoms with Crippen LogP contribution in [0.5, 0.6) is 5.75 Å². The highest BCUT2D eigenvalue weighted by molar-refractivity contribution is 5.87. The van der Waals surface area contributed by atoms with Crippen molar-refractivity contribution in [2.24, 2.45) is 0 Å². The summed E-state index contributed by atoms with van der Waals surface area (Å²) >= 11 is 0. The molecule has 0 aliphatic carbocycles. The van der Waals surface area contributed by atoms with Gasteiger partial charge in [0.25, 0.3) is 0 Å². The van der Waals surface area contributed by atoms with Gasteiger partial charge in [-0.25, -0.2) is 4.79 Å². The number of para-hydroxylation sites is 1. The molecule has 0 saturated heterocycles. The zero-order valence-electron chi connectivity index (χ0n) is 15.5. The average molecular weight is 341 g/mol. The van der Waals surface area contributed by atoms with Gasteiger partial charge in [-0.15, -0.1) is 0 Å². The van der Waals surface area contributed by atoms with Gasteiger partial charge in [0.05, 0.1) is 5.56 Å². The Hall–Kier alpha value is -2.33. The third-order valence-electron chi connectivity index (χ3n) is 4.05. The number of carboxylic acid groups (broad SMARTS) is 1. The molecule has 0 amide bonds. The largest absolute Gasteiger partial charge is 0.492 e. The van der Waals surface area contributed by atoms with Crippen molar-refractivity contribution < 1.29 is 14.6 Å². The second-order valence-corrected chi connectivity index (χ2v) is 7.34. The van der Waals surface area contributed by atoms with Crippen LogP contribution in [-0.2, 0) is 12.0 Å². The molecule has 0 spiro atoms. The monoisotopic (exact) mass is 341 g/mol. The van der Waals surface area contributed by atoms with E-state index < -0.39 is 5.97 Å². The lowest BCUT2D eigenvalue weighted by molar-refractivity contribution is 0.0696. The Bertz CT molecular complexity index is 719. The SMILES string of the molecule is CN(CCOc1ccccc1C(C)(C)C)Cc1cccc(C(=O)O)c1. The molecule has 2 rings (SSSR count). The zero-order valence-corrected chi connectivity index (χ0v) is 15.5. The smallest absolute Gasteiger partial charge is 0.335 e. The summed E-state index contributed by atoms with van der Waals surface area (Å²) in [6.45, 7) is 8.56. The lowest BCUT2D eigenvalue weighted by Crippen LogP contribution is -2.24. The van der Waals surface area contributed by atoms with Gasteiger partial charge in [0.1, 0.15) is 12.4 Å². The number of aromatic carboxylic acids is 1. The summed E-state index contributed by atoms with van der Waals surface area (Å²) in [6, 6.07) is 15.2. The Morgan fingerprint density at radius 2 is 1.84 bits per heavy atom. The summed E-state index contributed by atoms with van der Waals surface area (Å²) in [5, 5.41) is 9.07. The van der Waals surface area contributed by atoms with E-state index in [2.05, 4.69) is 31.7 Å². The standard InChI is InChI=1S/C21H27NO3/c1-21(2,3)18-10-5-6-11-19(18)25-13-12-22(4)15-16-8-7-9-17(14-16)20(23)24/h5-11,14H,12-13,15H2,1-4H3,(H,23,24). The van der Waals surface area contributed by atoms with Crippen LogP contribution in [0.2, 0.25) is 0 Å². The second kappa shape index (κ2) is 8.17. The zero-order chi connectivity index (χ0) is 18.4. The molecule has 0 aromatic heterocycles. The highest BCUT2D eigenvalue weighted by atomic mass is 16.5. The Morgan fingerprint density at radius 1 is 1.12 bits per heavy atom. The van der Waals surface area contributed by atoms with Crippen LogP contribution in [0.1, 0.15) is 42.3 Å². The molecule has 2 aromatic rings. The number of benzene rings is 2. The number of hydrogen-bond acceptors (Lipinski definition) is 3. The predicted octanol–water partition coefficient (Wildman–Crippen LogP) is 4.19. The summed E-state index contributed by atoms with van der Waals surface area (Å²) in [5.41, 5.74) is 2.55. The van der Waals surface area contributed by atoms with Crippen molar-refractivity contribution in [1.82, 2.24) is 4.90 Å². The lowest BCUT2D eigenvalue weighted by Gasteiger charge is -2.23. The first-order valence-electron chi connectivity index (χ1n) is 8.50. The minimum absolute atomic E-state index is 0.0414. The van der Waals surface area contributed by atoms with Gasteiger partial charge >= 0.3 is 5.97 Å². The molecule has 0 radical (unpaired) electrons. The molecule has 0 fully saturated rings. The van der Waals surface area contributed by atoms with Crippen LogP contribution < -0.4 is 4.74 Å². The maximum absolute atomic E-state index is 11.0. The first kappa shape index (κ1) is 19.0. The van der Waals surface area contributed by atoms with E-state index >= 15 is 0 Å². The molecule has 4 nitrogen and oxygen atoms in total. The van der Waals surface area contributed by atoms with Crippen molar-refractivity contribution in [3.05, 3.63) is 65.2 Å². The summed E-state index contributed by atoms with van der Waals surface area (Å²) in [7, 11) is 2.01. The normalized spacial score (nSPS) is 11.6. The van der Waals surface area contributed by atoms with Gasteiger partial charge in [-0.1, -0.05) is 51.1 Å². The molecular formula is C21H27NO3. The van der Waals surface area contributed by atoms with Crippen molar-refractivity contribution in [2.75, 3.05) is 20.2 Å². The first-order valence-corrected chi connectivity index (χ1v) is 8.50. The fraction of sp³-hybridized carbons (Fsp3) is 0.381. The second-order valence-electron chi connectivity index (χ2n) is 7.34. The highest BCUT2D eigenvalue weighted by Crippen LogP contribution is 2.30. The maximum atomic E-state index is 11.0. The Labute approximate surface area is 150 Å². The van der Waals surface area contributed by atoms with E-state index in [1.54, 1.807) is 18.2 Å².